The van der Waals surface area contributed by atoms with Gasteiger partial charge in [0.25, 0.3) is 0 Å². The summed E-state index contributed by atoms with van der Waals surface area (Å²) in [7, 11) is 0. The second-order valence-electron chi connectivity index (χ2n) is 4.04. The predicted molar refractivity (Wildman–Crippen MR) is 71.3 cm³/mol. The van der Waals surface area contributed by atoms with E-state index in [0.717, 1.165) is 11.1 Å². The molecule has 0 radical (unpaired) electrons. The number of carbonyl (C=O) groups is 1. The maximum Gasteiger partial charge on any atom is 0.222 e. The van der Waals surface area contributed by atoms with E-state index in [1.165, 1.54) is 0 Å². The zero-order valence-corrected chi connectivity index (χ0v) is 10.3. The van der Waals surface area contributed by atoms with E-state index in [1.54, 1.807) is 19.3 Å². The van der Waals surface area contributed by atoms with Crippen LogP contribution in [0.25, 0.3) is 11.1 Å². The Morgan fingerprint density at radius 1 is 1.11 bits per heavy atom. The molecule has 0 amide bonds. The van der Waals surface area contributed by atoms with Gasteiger partial charge in [0, 0.05) is 30.9 Å². The maximum absolute atomic E-state index is 10.8. The van der Waals surface area contributed by atoms with Crippen molar-refractivity contribution in [2.75, 3.05) is 11.9 Å². The summed E-state index contributed by atoms with van der Waals surface area (Å²) in [5.41, 5.74) is 2.07. The number of hydrogen-bond donors (Lipinski definition) is 1. The van der Waals surface area contributed by atoms with Crippen LogP contribution in [0.4, 0.5) is 5.95 Å². The van der Waals surface area contributed by atoms with Crippen LogP contribution in [0.1, 0.15) is 13.3 Å². The third-order valence-corrected chi connectivity index (χ3v) is 2.52. The molecule has 0 fully saturated rings. The number of Topliss-reactive ketones (excluding diaryl/α,β-unsaturated/α-hetero) is 1. The number of anilines is 1. The van der Waals surface area contributed by atoms with Crippen LogP contribution in [0.2, 0.25) is 0 Å². The average molecular weight is 241 g/mol. The second-order valence-corrected chi connectivity index (χ2v) is 4.04. The van der Waals surface area contributed by atoms with Crippen molar-refractivity contribution in [3.63, 3.8) is 0 Å². The minimum Gasteiger partial charge on any atom is -0.354 e. The Balaban J connectivity index is 2.00. The van der Waals surface area contributed by atoms with Gasteiger partial charge < -0.3 is 5.32 Å². The van der Waals surface area contributed by atoms with E-state index in [2.05, 4.69) is 15.3 Å². The van der Waals surface area contributed by atoms with Crippen molar-refractivity contribution in [3.05, 3.63) is 42.7 Å². The molecule has 18 heavy (non-hydrogen) atoms. The number of nitrogens with one attached hydrogen (secondary N) is 1. The largest absolute Gasteiger partial charge is 0.354 e. The fraction of sp³-hybridized carbons (Fsp3) is 0.214. The van der Waals surface area contributed by atoms with E-state index in [1.807, 2.05) is 30.3 Å². The second kappa shape index (κ2) is 5.91. The van der Waals surface area contributed by atoms with Gasteiger partial charge in [-0.1, -0.05) is 30.3 Å². The van der Waals surface area contributed by atoms with E-state index < -0.39 is 0 Å². The molecule has 0 bridgehead atoms. The standard InChI is InChI=1S/C14H15N3O/c1-11(18)7-8-15-14-16-9-13(10-17-14)12-5-3-2-4-6-12/h2-6,9-10H,7-8H2,1H3,(H,15,16,17). The molecule has 1 N–H and O–H groups in total. The topological polar surface area (TPSA) is 54.9 Å². The highest BCUT2D eigenvalue weighted by Gasteiger charge is 2.00. The molecule has 0 unspecified atom stereocenters. The Bertz CT molecular complexity index is 508. The van der Waals surface area contributed by atoms with Crippen molar-refractivity contribution in [2.24, 2.45) is 0 Å². The minimum absolute atomic E-state index is 0.156. The first kappa shape index (κ1) is 12.2. The molecule has 1 aromatic carbocycles. The Morgan fingerprint density at radius 3 is 2.39 bits per heavy atom. The third-order valence-electron chi connectivity index (χ3n) is 2.52. The van der Waals surface area contributed by atoms with Gasteiger partial charge in [-0.05, 0) is 12.5 Å². The molecule has 4 heteroatoms. The Labute approximate surface area is 106 Å². The molecule has 0 aliphatic rings. The van der Waals surface area contributed by atoms with Gasteiger partial charge in [-0.15, -0.1) is 0 Å². The van der Waals surface area contributed by atoms with Gasteiger partial charge >= 0.3 is 0 Å². The van der Waals surface area contributed by atoms with Gasteiger partial charge in [-0.2, -0.15) is 0 Å². The highest BCUT2D eigenvalue weighted by molar-refractivity contribution is 5.75. The van der Waals surface area contributed by atoms with E-state index >= 15 is 0 Å². The summed E-state index contributed by atoms with van der Waals surface area (Å²) in [5.74, 6) is 0.708. The maximum atomic E-state index is 10.8. The number of carbonyl (C=O) groups excluding carboxylic acids is 1. The van der Waals surface area contributed by atoms with Crippen molar-refractivity contribution >= 4 is 11.7 Å². The summed E-state index contributed by atoms with van der Waals surface area (Å²) >= 11 is 0. The molecular weight excluding hydrogens is 226 g/mol. The molecule has 0 spiro atoms. The molecular formula is C14H15N3O. The van der Waals surface area contributed by atoms with E-state index in [0.29, 0.717) is 18.9 Å². The molecule has 2 aromatic rings. The zero-order valence-electron chi connectivity index (χ0n) is 10.3. The highest BCUT2D eigenvalue weighted by Crippen LogP contribution is 2.16. The van der Waals surface area contributed by atoms with Crippen LogP contribution in [0.15, 0.2) is 42.7 Å². The van der Waals surface area contributed by atoms with Crippen molar-refractivity contribution in [1.82, 2.24) is 9.97 Å². The normalized spacial score (nSPS) is 10.1. The quantitative estimate of drug-likeness (QED) is 0.874. The Kier molecular flexibility index (Phi) is 4.02. The summed E-state index contributed by atoms with van der Waals surface area (Å²) in [6.07, 6.45) is 4.04. The SMILES string of the molecule is CC(=O)CCNc1ncc(-c2ccccc2)cn1. The lowest BCUT2D eigenvalue weighted by Crippen LogP contribution is -2.08. The van der Waals surface area contributed by atoms with Gasteiger partial charge in [0.1, 0.15) is 5.78 Å². The molecule has 0 saturated carbocycles. The van der Waals surface area contributed by atoms with Crippen molar-refractivity contribution in [3.8, 4) is 11.1 Å². The molecule has 0 saturated heterocycles. The summed E-state index contributed by atoms with van der Waals surface area (Å²) in [6.45, 7) is 2.14. The van der Waals surface area contributed by atoms with Gasteiger partial charge in [-0.3, -0.25) is 4.79 Å². The first-order valence-electron chi connectivity index (χ1n) is 5.86. The fourth-order valence-electron chi connectivity index (χ4n) is 1.55. The summed E-state index contributed by atoms with van der Waals surface area (Å²) in [5, 5.41) is 3.01. The van der Waals surface area contributed by atoms with Crippen LogP contribution in [-0.2, 0) is 4.79 Å². The number of aromatic nitrogens is 2. The Hall–Kier alpha value is -2.23. The smallest absolute Gasteiger partial charge is 0.222 e. The van der Waals surface area contributed by atoms with E-state index in [-0.39, 0.29) is 5.78 Å². The molecule has 0 aliphatic carbocycles. The number of ketones is 1. The van der Waals surface area contributed by atoms with Crippen LogP contribution in [0, 0.1) is 0 Å². The lowest BCUT2D eigenvalue weighted by molar-refractivity contribution is -0.116. The monoisotopic (exact) mass is 241 g/mol. The number of benzene rings is 1. The number of rotatable bonds is 5. The average Bonchev–Trinajstić information content (AvgIpc) is 2.40. The van der Waals surface area contributed by atoms with Crippen molar-refractivity contribution < 1.29 is 4.79 Å². The van der Waals surface area contributed by atoms with Crippen LogP contribution < -0.4 is 5.32 Å². The summed E-state index contributed by atoms with van der Waals surface area (Å²) in [6, 6.07) is 9.97. The molecule has 1 heterocycles. The third kappa shape index (κ3) is 3.38. The molecule has 92 valence electrons. The predicted octanol–water partition coefficient (Wildman–Crippen LogP) is 2.53. The van der Waals surface area contributed by atoms with Crippen LogP contribution >= 0.6 is 0 Å². The number of hydrogen-bond acceptors (Lipinski definition) is 4. The van der Waals surface area contributed by atoms with Gasteiger partial charge in [0.05, 0.1) is 0 Å². The Morgan fingerprint density at radius 2 is 1.78 bits per heavy atom. The van der Waals surface area contributed by atoms with Crippen LogP contribution in [0.5, 0.6) is 0 Å². The molecule has 1 aromatic heterocycles. The molecule has 2 rings (SSSR count). The number of nitrogens with zero attached hydrogens (tertiary/aromatic N) is 2. The summed E-state index contributed by atoms with van der Waals surface area (Å²) in [4.78, 5) is 19.2. The van der Waals surface area contributed by atoms with E-state index in [9.17, 15) is 4.79 Å². The molecule has 0 aliphatic heterocycles. The fourth-order valence-corrected chi connectivity index (χ4v) is 1.55. The van der Waals surface area contributed by atoms with Crippen LogP contribution in [-0.4, -0.2) is 22.3 Å². The van der Waals surface area contributed by atoms with Gasteiger partial charge in [0.2, 0.25) is 5.95 Å². The minimum atomic E-state index is 0.156. The lowest BCUT2D eigenvalue weighted by Gasteiger charge is -2.04. The van der Waals surface area contributed by atoms with Gasteiger partial charge in [0.15, 0.2) is 0 Å². The van der Waals surface area contributed by atoms with Crippen molar-refractivity contribution in [2.45, 2.75) is 13.3 Å². The molecule has 4 nitrogen and oxygen atoms in total. The molecule has 0 atom stereocenters. The highest BCUT2D eigenvalue weighted by atomic mass is 16.1. The zero-order chi connectivity index (χ0) is 12.8. The summed E-state index contributed by atoms with van der Waals surface area (Å²) < 4.78 is 0. The first-order chi connectivity index (χ1) is 8.75. The van der Waals surface area contributed by atoms with Crippen LogP contribution in [0.3, 0.4) is 0 Å². The van der Waals surface area contributed by atoms with Gasteiger partial charge in [-0.25, -0.2) is 9.97 Å². The first-order valence-corrected chi connectivity index (χ1v) is 5.86. The lowest BCUT2D eigenvalue weighted by atomic mass is 10.1. The van der Waals surface area contributed by atoms with Crippen molar-refractivity contribution in [1.29, 1.82) is 0 Å². The van der Waals surface area contributed by atoms with E-state index in [4.69, 9.17) is 0 Å².